The van der Waals surface area contributed by atoms with E-state index in [0.29, 0.717) is 45.2 Å². The van der Waals surface area contributed by atoms with Crippen LogP contribution in [-0.2, 0) is 0 Å². The van der Waals surface area contributed by atoms with Gasteiger partial charge in [0.2, 0.25) is 0 Å². The average molecular weight is 431 g/mol. The molecule has 1 aromatic heterocycles. The van der Waals surface area contributed by atoms with E-state index < -0.39 is 5.91 Å². The molecule has 0 atom stereocenters. The molecule has 0 saturated carbocycles. The Morgan fingerprint density at radius 2 is 1.47 bits per heavy atom. The van der Waals surface area contributed by atoms with Gasteiger partial charge < -0.3 is 23.9 Å². The summed E-state index contributed by atoms with van der Waals surface area (Å²) in [6.07, 6.45) is 0. The van der Waals surface area contributed by atoms with Crippen molar-refractivity contribution in [3.05, 3.63) is 82.5 Å². The summed E-state index contributed by atoms with van der Waals surface area (Å²) in [5.41, 5.74) is 1.51. The summed E-state index contributed by atoms with van der Waals surface area (Å²) < 4.78 is 22.0. The van der Waals surface area contributed by atoms with Crippen LogP contribution >= 0.6 is 0 Å². The van der Waals surface area contributed by atoms with Gasteiger partial charge in [0.15, 0.2) is 5.43 Å². The molecule has 0 aliphatic carbocycles. The van der Waals surface area contributed by atoms with Crippen LogP contribution in [-0.4, -0.2) is 27.2 Å². The number of methoxy groups -OCH3 is 3. The van der Waals surface area contributed by atoms with E-state index in [4.69, 9.17) is 18.6 Å². The molecule has 1 amide bonds. The van der Waals surface area contributed by atoms with Crippen molar-refractivity contribution in [2.45, 2.75) is 0 Å². The van der Waals surface area contributed by atoms with Crippen LogP contribution in [0.3, 0.4) is 0 Å². The molecule has 0 bridgehead atoms. The smallest absolute Gasteiger partial charge is 0.263 e. The second-order valence-corrected chi connectivity index (χ2v) is 6.88. The van der Waals surface area contributed by atoms with Crippen molar-refractivity contribution in [1.82, 2.24) is 0 Å². The average Bonchev–Trinajstić information content (AvgIpc) is 2.83. The largest absolute Gasteiger partial charge is 0.496 e. The summed E-state index contributed by atoms with van der Waals surface area (Å²) in [6.45, 7) is 0. The van der Waals surface area contributed by atoms with Crippen LogP contribution < -0.4 is 25.0 Å². The van der Waals surface area contributed by atoms with E-state index in [0.717, 1.165) is 0 Å². The summed E-state index contributed by atoms with van der Waals surface area (Å²) in [6, 6.07) is 18.6. The lowest BCUT2D eigenvalue weighted by Crippen LogP contribution is -2.14. The number of para-hydroxylation sites is 1. The van der Waals surface area contributed by atoms with E-state index in [1.165, 1.54) is 20.3 Å². The van der Waals surface area contributed by atoms with Gasteiger partial charge in [-0.3, -0.25) is 9.59 Å². The molecule has 7 nitrogen and oxygen atoms in total. The van der Waals surface area contributed by atoms with Gasteiger partial charge in [-0.25, -0.2) is 0 Å². The normalized spacial score (nSPS) is 10.6. The fraction of sp³-hybridized carbons (Fsp3) is 0.120. The van der Waals surface area contributed by atoms with Crippen molar-refractivity contribution in [1.29, 1.82) is 0 Å². The Bertz CT molecular complexity index is 1340. The van der Waals surface area contributed by atoms with Gasteiger partial charge in [0.1, 0.15) is 34.2 Å². The summed E-state index contributed by atoms with van der Waals surface area (Å²) >= 11 is 0. The lowest BCUT2D eigenvalue weighted by atomic mass is 10.1. The molecular weight excluding hydrogens is 410 g/mol. The van der Waals surface area contributed by atoms with Crippen LogP contribution in [0.2, 0.25) is 0 Å². The highest BCUT2D eigenvalue weighted by atomic mass is 16.5. The second kappa shape index (κ2) is 8.85. The van der Waals surface area contributed by atoms with Gasteiger partial charge in [-0.2, -0.15) is 0 Å². The minimum absolute atomic E-state index is 0.198. The molecule has 32 heavy (non-hydrogen) atoms. The number of hydrogen-bond acceptors (Lipinski definition) is 6. The third-order valence-corrected chi connectivity index (χ3v) is 5.01. The number of amides is 1. The molecule has 0 radical (unpaired) electrons. The van der Waals surface area contributed by atoms with Gasteiger partial charge in [0.25, 0.3) is 5.91 Å². The van der Waals surface area contributed by atoms with E-state index in [1.54, 1.807) is 49.6 Å². The fourth-order valence-electron chi connectivity index (χ4n) is 3.48. The first-order valence-corrected chi connectivity index (χ1v) is 9.79. The van der Waals surface area contributed by atoms with Crippen LogP contribution in [0.5, 0.6) is 17.2 Å². The molecule has 3 aromatic carbocycles. The summed E-state index contributed by atoms with van der Waals surface area (Å²) in [4.78, 5) is 25.6. The van der Waals surface area contributed by atoms with Crippen LogP contribution in [0.25, 0.3) is 22.3 Å². The molecule has 7 heteroatoms. The van der Waals surface area contributed by atoms with Crippen LogP contribution in [0.15, 0.2) is 75.9 Å². The van der Waals surface area contributed by atoms with E-state index in [1.807, 2.05) is 18.2 Å². The van der Waals surface area contributed by atoms with Crippen molar-refractivity contribution in [3.63, 3.8) is 0 Å². The first-order chi connectivity index (χ1) is 15.5. The number of benzene rings is 3. The molecule has 0 aliphatic heterocycles. The predicted octanol–water partition coefficient (Wildman–Crippen LogP) is 4.74. The van der Waals surface area contributed by atoms with E-state index >= 15 is 0 Å². The van der Waals surface area contributed by atoms with Gasteiger partial charge >= 0.3 is 0 Å². The van der Waals surface area contributed by atoms with Gasteiger partial charge in [0.05, 0.1) is 32.3 Å². The Morgan fingerprint density at radius 1 is 0.812 bits per heavy atom. The molecule has 0 aliphatic rings. The molecular formula is C25H21NO6. The maximum absolute atomic E-state index is 13.0. The summed E-state index contributed by atoms with van der Waals surface area (Å²) in [5.74, 6) is 1.31. The highest BCUT2D eigenvalue weighted by Crippen LogP contribution is 2.32. The number of hydrogen-bond donors (Lipinski definition) is 1. The lowest BCUT2D eigenvalue weighted by molar-refractivity contribution is 0.102. The van der Waals surface area contributed by atoms with Gasteiger partial charge in [-0.05, 0) is 36.4 Å². The Hall–Kier alpha value is -4.26. The highest BCUT2D eigenvalue weighted by molar-refractivity contribution is 6.08. The summed E-state index contributed by atoms with van der Waals surface area (Å²) in [5, 5.41) is 3.21. The van der Waals surface area contributed by atoms with E-state index in [2.05, 4.69) is 5.32 Å². The van der Waals surface area contributed by atoms with Crippen molar-refractivity contribution in [2.24, 2.45) is 0 Å². The fourth-order valence-corrected chi connectivity index (χ4v) is 3.48. The predicted molar refractivity (Wildman–Crippen MR) is 122 cm³/mol. The molecule has 0 fully saturated rings. The number of anilines is 1. The number of carbonyl (C=O) groups excluding carboxylic acids is 1. The number of ether oxygens (including phenoxy) is 3. The zero-order chi connectivity index (χ0) is 22.7. The Balaban J connectivity index is 1.74. The first kappa shape index (κ1) is 21.0. The highest BCUT2D eigenvalue weighted by Gasteiger charge is 2.19. The quantitative estimate of drug-likeness (QED) is 0.475. The molecule has 1 heterocycles. The number of carbonyl (C=O) groups is 1. The molecule has 0 spiro atoms. The maximum Gasteiger partial charge on any atom is 0.263 e. The molecule has 4 aromatic rings. The van der Waals surface area contributed by atoms with Crippen LogP contribution in [0.1, 0.15) is 10.4 Å². The number of nitrogens with one attached hydrogen (secondary N) is 1. The zero-order valence-corrected chi connectivity index (χ0v) is 17.8. The van der Waals surface area contributed by atoms with Crippen LogP contribution in [0, 0.1) is 0 Å². The first-order valence-electron chi connectivity index (χ1n) is 9.79. The van der Waals surface area contributed by atoms with E-state index in [9.17, 15) is 9.59 Å². The molecule has 1 N–H and O–H groups in total. The van der Waals surface area contributed by atoms with Crippen molar-refractivity contribution in [3.8, 4) is 28.6 Å². The van der Waals surface area contributed by atoms with Crippen molar-refractivity contribution >= 4 is 22.6 Å². The minimum atomic E-state index is -0.415. The topological polar surface area (TPSA) is 87.0 Å². The zero-order valence-electron chi connectivity index (χ0n) is 17.8. The van der Waals surface area contributed by atoms with E-state index in [-0.39, 0.29) is 11.0 Å². The Labute approximate surface area is 184 Å². The lowest BCUT2D eigenvalue weighted by Gasteiger charge is -2.13. The summed E-state index contributed by atoms with van der Waals surface area (Å²) in [7, 11) is 4.52. The standard InChI is InChI=1S/C25H21NO6/c1-29-19-8-5-4-7-17(19)23-14-18(27)16-12-11-15(13-22(16)32-23)26-25(28)24-20(30-2)9-6-10-21(24)31-3/h4-14H,1-3H3,(H,26,28). The molecule has 0 saturated heterocycles. The van der Waals surface area contributed by atoms with Crippen molar-refractivity contribution in [2.75, 3.05) is 26.6 Å². The SMILES string of the molecule is COc1ccccc1-c1cc(=O)c2ccc(NC(=O)c3c(OC)cccc3OC)cc2o1. The number of fused-ring (bicyclic) bond motifs is 1. The molecule has 162 valence electrons. The minimum Gasteiger partial charge on any atom is -0.496 e. The Morgan fingerprint density at radius 3 is 2.16 bits per heavy atom. The molecule has 0 unspecified atom stereocenters. The third-order valence-electron chi connectivity index (χ3n) is 5.01. The monoisotopic (exact) mass is 431 g/mol. The maximum atomic E-state index is 13.0. The second-order valence-electron chi connectivity index (χ2n) is 6.88. The third kappa shape index (κ3) is 3.88. The van der Waals surface area contributed by atoms with Gasteiger partial charge in [0, 0.05) is 17.8 Å². The van der Waals surface area contributed by atoms with Crippen LogP contribution in [0.4, 0.5) is 5.69 Å². The van der Waals surface area contributed by atoms with Gasteiger partial charge in [-0.15, -0.1) is 0 Å². The van der Waals surface area contributed by atoms with Crippen molar-refractivity contribution < 1.29 is 23.4 Å². The number of rotatable bonds is 6. The molecule has 4 rings (SSSR count). The Kier molecular flexibility index (Phi) is 5.81. The van der Waals surface area contributed by atoms with Gasteiger partial charge in [-0.1, -0.05) is 18.2 Å².